The van der Waals surface area contributed by atoms with Gasteiger partial charge < -0.3 is 10.5 Å². The molecule has 0 aliphatic carbocycles. The van der Waals surface area contributed by atoms with Crippen LogP contribution < -0.4 is 10.5 Å². The Hall–Kier alpha value is -1.24. The fourth-order valence-electron chi connectivity index (χ4n) is 0.794. The second-order valence-corrected chi connectivity index (χ2v) is 3.53. The average molecular weight is 329 g/mol. The van der Waals surface area contributed by atoms with E-state index in [-0.39, 0.29) is 15.0 Å². The fourth-order valence-corrected chi connectivity index (χ4v) is 1.46. The van der Waals surface area contributed by atoms with Crippen molar-refractivity contribution in [1.82, 2.24) is 4.98 Å². The number of ether oxygens (including phenoxy) is 1. The summed E-state index contributed by atoms with van der Waals surface area (Å²) in [6.45, 7) is 0. The van der Waals surface area contributed by atoms with Gasteiger partial charge in [-0.05, 0) is 28.7 Å². The largest absolute Gasteiger partial charge is 0.574 e. The molecule has 2 N–H and O–H groups in total. The predicted molar refractivity (Wildman–Crippen MR) is 52.8 cm³/mol. The highest BCUT2D eigenvalue weighted by Crippen LogP contribution is 2.28. The molecule has 80 valence electrons. The van der Waals surface area contributed by atoms with E-state index in [2.05, 4.69) is 9.72 Å². The smallest absolute Gasteiger partial charge is 0.386 e. The van der Waals surface area contributed by atoms with E-state index in [1.165, 1.54) is 6.07 Å². The highest BCUT2D eigenvalue weighted by Gasteiger charge is 2.33. The van der Waals surface area contributed by atoms with Crippen LogP contribution in [-0.2, 0) is 0 Å². The van der Waals surface area contributed by atoms with Crippen molar-refractivity contribution in [1.29, 1.82) is 5.26 Å². The zero-order valence-electron chi connectivity index (χ0n) is 6.97. The van der Waals surface area contributed by atoms with Gasteiger partial charge in [0.05, 0.1) is 0 Å². The van der Waals surface area contributed by atoms with E-state index in [4.69, 9.17) is 11.0 Å². The molecule has 0 spiro atoms. The molecule has 0 radical (unpaired) electrons. The average Bonchev–Trinajstić information content (AvgIpc) is 1.99. The van der Waals surface area contributed by atoms with Crippen molar-refractivity contribution in [3.63, 3.8) is 0 Å². The summed E-state index contributed by atoms with van der Waals surface area (Å²) >= 11 is 1.67. The van der Waals surface area contributed by atoms with Gasteiger partial charge in [-0.2, -0.15) is 10.2 Å². The van der Waals surface area contributed by atoms with Gasteiger partial charge in [0.25, 0.3) is 0 Å². The number of halogens is 4. The van der Waals surface area contributed by atoms with Crippen LogP contribution in [-0.4, -0.2) is 11.3 Å². The van der Waals surface area contributed by atoms with Gasteiger partial charge in [0.2, 0.25) is 5.88 Å². The topological polar surface area (TPSA) is 71.9 Å². The van der Waals surface area contributed by atoms with Crippen LogP contribution in [0.3, 0.4) is 0 Å². The first kappa shape index (κ1) is 11.8. The molecule has 0 aromatic carbocycles. The van der Waals surface area contributed by atoms with Crippen LogP contribution >= 0.6 is 22.6 Å². The Labute approximate surface area is 96.0 Å². The molecule has 1 heterocycles. The summed E-state index contributed by atoms with van der Waals surface area (Å²) in [5.41, 5.74) is 4.94. The molecule has 8 heteroatoms. The number of nitriles is 1. The minimum Gasteiger partial charge on any atom is -0.386 e. The maximum atomic E-state index is 11.9. The van der Waals surface area contributed by atoms with Crippen molar-refractivity contribution in [3.05, 3.63) is 15.2 Å². The first-order valence-corrected chi connectivity index (χ1v) is 4.53. The molecule has 0 saturated heterocycles. The van der Waals surface area contributed by atoms with E-state index in [0.717, 1.165) is 0 Å². The number of aromatic nitrogens is 1. The van der Waals surface area contributed by atoms with E-state index in [1.807, 2.05) is 0 Å². The number of rotatable bonds is 1. The molecule has 0 unspecified atom stereocenters. The van der Waals surface area contributed by atoms with Gasteiger partial charge in [-0.1, -0.05) is 0 Å². The number of hydrogen-bond donors (Lipinski definition) is 1. The summed E-state index contributed by atoms with van der Waals surface area (Å²) in [5, 5.41) is 8.60. The van der Waals surface area contributed by atoms with E-state index >= 15 is 0 Å². The maximum Gasteiger partial charge on any atom is 0.574 e. The van der Waals surface area contributed by atoms with E-state index < -0.39 is 12.2 Å². The lowest BCUT2D eigenvalue weighted by atomic mass is 10.3. The first-order valence-electron chi connectivity index (χ1n) is 3.45. The monoisotopic (exact) mass is 329 g/mol. The summed E-state index contributed by atoms with van der Waals surface area (Å²) in [6.07, 6.45) is -4.89. The lowest BCUT2D eigenvalue weighted by Gasteiger charge is -2.10. The van der Waals surface area contributed by atoms with Crippen molar-refractivity contribution in [2.24, 2.45) is 0 Å². The molecule has 0 amide bonds. The lowest BCUT2D eigenvalue weighted by Crippen LogP contribution is -2.19. The number of nitrogens with two attached hydrogens (primary N) is 1. The molecule has 0 atom stereocenters. The van der Waals surface area contributed by atoms with E-state index in [9.17, 15) is 13.2 Å². The summed E-state index contributed by atoms with van der Waals surface area (Å²) < 4.78 is 39.5. The molecular weight excluding hydrogens is 326 g/mol. The van der Waals surface area contributed by atoms with Crippen LogP contribution in [0.4, 0.5) is 19.0 Å². The minimum absolute atomic E-state index is 0.141. The molecular formula is C7H3F3IN3O. The number of nitrogen functional groups attached to an aromatic ring is 1. The minimum atomic E-state index is -4.89. The van der Waals surface area contributed by atoms with Gasteiger partial charge in [0.1, 0.15) is 17.5 Å². The van der Waals surface area contributed by atoms with Crippen molar-refractivity contribution in [3.8, 4) is 11.9 Å². The Morgan fingerprint density at radius 3 is 2.60 bits per heavy atom. The summed E-state index contributed by atoms with van der Waals surface area (Å²) in [6, 6.07) is 2.84. The van der Waals surface area contributed by atoms with E-state index in [1.54, 1.807) is 28.7 Å². The van der Waals surface area contributed by atoms with Gasteiger partial charge in [-0.3, -0.25) is 0 Å². The zero-order chi connectivity index (χ0) is 11.6. The number of nitrogens with zero attached hydrogens (tertiary/aromatic N) is 2. The first-order chi connectivity index (χ1) is 6.83. The number of pyridine rings is 1. The van der Waals surface area contributed by atoms with Crippen LogP contribution in [0, 0.1) is 14.9 Å². The lowest BCUT2D eigenvalue weighted by molar-refractivity contribution is -0.276. The Morgan fingerprint density at radius 1 is 1.53 bits per heavy atom. The Balaban J connectivity index is 3.23. The third-order valence-electron chi connectivity index (χ3n) is 1.28. The quantitative estimate of drug-likeness (QED) is 0.801. The SMILES string of the molecule is N#Cc1c(I)cc(N)nc1OC(F)(F)F. The molecule has 4 nitrogen and oxygen atoms in total. The molecule has 0 aliphatic rings. The van der Waals surface area contributed by atoms with Crippen LogP contribution in [0.15, 0.2) is 6.07 Å². The molecule has 0 aliphatic heterocycles. The third kappa shape index (κ3) is 3.12. The number of alkyl halides is 3. The van der Waals surface area contributed by atoms with Crippen LogP contribution in [0.25, 0.3) is 0 Å². The van der Waals surface area contributed by atoms with Crippen LogP contribution in [0.5, 0.6) is 5.88 Å². The van der Waals surface area contributed by atoms with Crippen LogP contribution in [0.1, 0.15) is 5.56 Å². The van der Waals surface area contributed by atoms with E-state index in [0.29, 0.717) is 0 Å². The van der Waals surface area contributed by atoms with Crippen molar-refractivity contribution >= 4 is 28.4 Å². The molecule has 15 heavy (non-hydrogen) atoms. The number of hydrogen-bond acceptors (Lipinski definition) is 4. The summed E-state index contributed by atoms with van der Waals surface area (Å²) in [4.78, 5) is 3.30. The van der Waals surface area contributed by atoms with Crippen molar-refractivity contribution < 1.29 is 17.9 Å². The molecule has 0 fully saturated rings. The van der Waals surface area contributed by atoms with Crippen LogP contribution in [0.2, 0.25) is 0 Å². The zero-order valence-corrected chi connectivity index (χ0v) is 9.13. The standard InChI is InChI=1S/C7H3F3IN3O/c8-7(9,10)15-6-3(2-12)4(11)1-5(13)14-6/h1H,(H2,13,14). The number of anilines is 1. The molecule has 1 rings (SSSR count). The van der Waals surface area contributed by atoms with Crippen molar-refractivity contribution in [2.75, 3.05) is 5.73 Å². The second kappa shape index (κ2) is 4.09. The molecule has 0 bridgehead atoms. The fraction of sp³-hybridized carbons (Fsp3) is 0.143. The third-order valence-corrected chi connectivity index (χ3v) is 2.13. The molecule has 1 aromatic rings. The molecule has 1 aromatic heterocycles. The highest BCUT2D eigenvalue weighted by molar-refractivity contribution is 14.1. The highest BCUT2D eigenvalue weighted by atomic mass is 127. The van der Waals surface area contributed by atoms with Gasteiger partial charge in [0.15, 0.2) is 0 Å². The molecule has 0 saturated carbocycles. The van der Waals surface area contributed by atoms with Gasteiger partial charge in [-0.25, -0.2) is 0 Å². The van der Waals surface area contributed by atoms with Gasteiger partial charge in [0, 0.05) is 3.57 Å². The van der Waals surface area contributed by atoms with Gasteiger partial charge in [-0.15, -0.1) is 13.2 Å². The van der Waals surface area contributed by atoms with Crippen molar-refractivity contribution in [2.45, 2.75) is 6.36 Å². The normalized spacial score (nSPS) is 10.9. The maximum absolute atomic E-state index is 11.9. The summed E-state index contributed by atoms with van der Waals surface area (Å²) in [7, 11) is 0. The Morgan fingerprint density at radius 2 is 2.13 bits per heavy atom. The Bertz CT molecular complexity index is 427. The Kier molecular flexibility index (Phi) is 3.23. The predicted octanol–water partition coefficient (Wildman–Crippen LogP) is 2.04. The second-order valence-electron chi connectivity index (χ2n) is 2.37. The van der Waals surface area contributed by atoms with Gasteiger partial charge >= 0.3 is 6.36 Å². The summed E-state index contributed by atoms with van der Waals surface area (Å²) in [5.74, 6) is -0.966.